The summed E-state index contributed by atoms with van der Waals surface area (Å²) in [7, 11) is 1.93. The standard InChI is InChI=1S/C22H31N3OS/c1-4-22(9-6-12-27-24-3)26-17-21-16-25(15-18(21)2)11-10-19-7-5-8-20(13-19)14-23/h4-9,13,18,21,24H,10-12,15-17H2,1-3H3/b9-6-,22-4+/t18?,21-/m0/s1. The Hall–Kier alpha value is -1.74. The molecule has 2 atom stereocenters. The lowest BCUT2D eigenvalue weighted by atomic mass is 9.99. The van der Waals surface area contributed by atoms with E-state index in [1.54, 1.807) is 11.9 Å². The van der Waals surface area contributed by atoms with Crippen molar-refractivity contribution < 1.29 is 4.74 Å². The van der Waals surface area contributed by atoms with Crippen LogP contribution in [0.3, 0.4) is 0 Å². The first-order chi connectivity index (χ1) is 13.2. The van der Waals surface area contributed by atoms with Crippen LogP contribution < -0.4 is 4.72 Å². The van der Waals surface area contributed by atoms with Crippen molar-refractivity contribution >= 4 is 11.9 Å². The molecule has 1 saturated heterocycles. The largest absolute Gasteiger partial charge is 0.494 e. The Kier molecular flexibility index (Phi) is 9.47. The van der Waals surface area contributed by atoms with Crippen LogP contribution >= 0.6 is 11.9 Å². The molecule has 1 N–H and O–H groups in total. The van der Waals surface area contributed by atoms with Gasteiger partial charge in [0.1, 0.15) is 5.76 Å². The van der Waals surface area contributed by atoms with E-state index in [1.165, 1.54) is 5.56 Å². The molecule has 0 spiro atoms. The number of ether oxygens (including phenoxy) is 1. The highest BCUT2D eigenvalue weighted by atomic mass is 32.2. The molecule has 1 aliphatic rings. The van der Waals surface area contributed by atoms with Gasteiger partial charge in [-0.15, -0.1) is 0 Å². The first-order valence-electron chi connectivity index (χ1n) is 9.61. The van der Waals surface area contributed by atoms with Crippen LogP contribution in [0.2, 0.25) is 0 Å². The van der Waals surface area contributed by atoms with Crippen LogP contribution in [0, 0.1) is 23.2 Å². The van der Waals surface area contributed by atoms with E-state index in [4.69, 9.17) is 10.00 Å². The third kappa shape index (κ3) is 7.42. The molecular weight excluding hydrogens is 354 g/mol. The van der Waals surface area contributed by atoms with Crippen LogP contribution in [0.5, 0.6) is 0 Å². The molecule has 146 valence electrons. The molecule has 1 aromatic carbocycles. The number of nitrogens with zero attached hydrogens (tertiary/aromatic N) is 2. The summed E-state index contributed by atoms with van der Waals surface area (Å²) in [6, 6.07) is 10.2. The molecule has 1 heterocycles. The molecule has 1 unspecified atom stereocenters. The van der Waals surface area contributed by atoms with Gasteiger partial charge in [-0.05, 0) is 56.2 Å². The maximum absolute atomic E-state index is 9.03. The van der Waals surface area contributed by atoms with E-state index in [1.807, 2.05) is 38.2 Å². The highest BCUT2D eigenvalue weighted by Crippen LogP contribution is 2.24. The van der Waals surface area contributed by atoms with Gasteiger partial charge in [0.25, 0.3) is 0 Å². The van der Waals surface area contributed by atoms with Gasteiger partial charge in [-0.25, -0.2) is 0 Å². The van der Waals surface area contributed by atoms with E-state index in [9.17, 15) is 0 Å². The van der Waals surface area contributed by atoms with Crippen molar-refractivity contribution in [1.82, 2.24) is 9.62 Å². The summed E-state index contributed by atoms with van der Waals surface area (Å²) in [6.07, 6.45) is 7.20. The average molecular weight is 386 g/mol. The number of likely N-dealkylation sites (tertiary alicyclic amines) is 1. The highest BCUT2D eigenvalue weighted by Gasteiger charge is 2.29. The zero-order valence-corrected chi connectivity index (χ0v) is 17.5. The Morgan fingerprint density at radius 2 is 2.30 bits per heavy atom. The van der Waals surface area contributed by atoms with Crippen molar-refractivity contribution in [2.45, 2.75) is 20.3 Å². The lowest BCUT2D eigenvalue weighted by Gasteiger charge is -2.17. The molecule has 1 fully saturated rings. The average Bonchev–Trinajstić information content (AvgIpc) is 3.05. The van der Waals surface area contributed by atoms with Crippen LogP contribution in [-0.2, 0) is 11.2 Å². The number of nitrogens with one attached hydrogen (secondary N) is 1. The normalized spacial score (nSPS) is 20.9. The first kappa shape index (κ1) is 21.6. The molecule has 0 saturated carbocycles. The fourth-order valence-corrected chi connectivity index (χ4v) is 3.71. The summed E-state index contributed by atoms with van der Waals surface area (Å²) < 4.78 is 9.11. The van der Waals surface area contributed by atoms with Crippen LogP contribution in [0.25, 0.3) is 0 Å². The molecular formula is C22H31N3OS. The molecule has 0 radical (unpaired) electrons. The molecule has 27 heavy (non-hydrogen) atoms. The number of nitriles is 1. The topological polar surface area (TPSA) is 48.3 Å². The second kappa shape index (κ2) is 11.9. The van der Waals surface area contributed by atoms with E-state index in [0.29, 0.717) is 11.8 Å². The molecule has 2 rings (SSSR count). The van der Waals surface area contributed by atoms with Crippen LogP contribution in [-0.4, -0.2) is 43.9 Å². The van der Waals surface area contributed by atoms with Crippen molar-refractivity contribution in [2.75, 3.05) is 39.0 Å². The lowest BCUT2D eigenvalue weighted by Crippen LogP contribution is -2.24. The molecule has 0 aliphatic carbocycles. The lowest BCUT2D eigenvalue weighted by molar-refractivity contribution is 0.160. The minimum absolute atomic E-state index is 0.561. The molecule has 0 aromatic heterocycles. The van der Waals surface area contributed by atoms with Gasteiger partial charge >= 0.3 is 0 Å². The Balaban J connectivity index is 1.76. The van der Waals surface area contributed by atoms with Crippen molar-refractivity contribution in [3.8, 4) is 6.07 Å². The van der Waals surface area contributed by atoms with Gasteiger partial charge in [-0.2, -0.15) is 5.26 Å². The van der Waals surface area contributed by atoms with Gasteiger partial charge in [0.05, 0.1) is 18.2 Å². The second-order valence-corrected chi connectivity index (χ2v) is 8.01. The Labute approximate surface area is 168 Å². The predicted octanol–water partition coefficient (Wildman–Crippen LogP) is 4.01. The molecule has 0 bridgehead atoms. The Bertz CT molecular complexity index is 680. The van der Waals surface area contributed by atoms with E-state index in [-0.39, 0.29) is 0 Å². The number of hydrogen-bond donors (Lipinski definition) is 1. The van der Waals surface area contributed by atoms with Crippen molar-refractivity contribution in [3.63, 3.8) is 0 Å². The van der Waals surface area contributed by atoms with Gasteiger partial charge in [-0.1, -0.05) is 37.1 Å². The molecule has 4 nitrogen and oxygen atoms in total. The van der Waals surface area contributed by atoms with E-state index >= 15 is 0 Å². The van der Waals surface area contributed by atoms with Crippen molar-refractivity contribution in [3.05, 3.63) is 59.4 Å². The number of allylic oxidation sites excluding steroid dienone is 2. The SMILES string of the molecule is C/C=C(\C=C/CSNC)OC[C@@H]1CN(CCc2cccc(C#N)c2)CC1C. The Morgan fingerprint density at radius 3 is 3.04 bits per heavy atom. The predicted molar refractivity (Wildman–Crippen MR) is 114 cm³/mol. The van der Waals surface area contributed by atoms with Gasteiger partial charge in [0, 0.05) is 31.3 Å². The van der Waals surface area contributed by atoms with Gasteiger partial charge in [0.2, 0.25) is 0 Å². The highest BCUT2D eigenvalue weighted by molar-refractivity contribution is 7.97. The molecule has 1 aliphatic heterocycles. The number of hydrogen-bond acceptors (Lipinski definition) is 5. The third-order valence-corrected chi connectivity index (χ3v) is 5.62. The number of rotatable bonds is 10. The smallest absolute Gasteiger partial charge is 0.114 e. The fourth-order valence-electron chi connectivity index (χ4n) is 3.35. The zero-order chi connectivity index (χ0) is 19.5. The van der Waals surface area contributed by atoms with Gasteiger partial charge < -0.3 is 9.64 Å². The minimum atomic E-state index is 0.561. The first-order valence-corrected chi connectivity index (χ1v) is 10.6. The summed E-state index contributed by atoms with van der Waals surface area (Å²) in [6.45, 7) is 8.34. The van der Waals surface area contributed by atoms with Crippen molar-refractivity contribution in [1.29, 1.82) is 5.26 Å². The summed E-state index contributed by atoms with van der Waals surface area (Å²) in [5, 5.41) is 9.03. The Morgan fingerprint density at radius 1 is 1.44 bits per heavy atom. The van der Waals surface area contributed by atoms with E-state index < -0.39 is 0 Å². The molecule has 5 heteroatoms. The minimum Gasteiger partial charge on any atom is -0.494 e. The second-order valence-electron chi connectivity index (χ2n) is 6.98. The van der Waals surface area contributed by atoms with E-state index in [2.05, 4.69) is 40.8 Å². The zero-order valence-electron chi connectivity index (χ0n) is 16.6. The molecule has 0 amide bonds. The van der Waals surface area contributed by atoms with Crippen LogP contribution in [0.1, 0.15) is 25.0 Å². The van der Waals surface area contributed by atoms with Gasteiger partial charge in [-0.3, -0.25) is 4.72 Å². The number of benzene rings is 1. The fraction of sp³-hybridized carbons (Fsp3) is 0.500. The summed E-state index contributed by atoms with van der Waals surface area (Å²) in [5.74, 6) is 3.08. The quantitative estimate of drug-likeness (QED) is 0.285. The summed E-state index contributed by atoms with van der Waals surface area (Å²) in [4.78, 5) is 2.52. The van der Waals surface area contributed by atoms with Gasteiger partial charge in [0.15, 0.2) is 0 Å². The van der Waals surface area contributed by atoms with Crippen LogP contribution in [0.4, 0.5) is 0 Å². The molecule has 1 aromatic rings. The summed E-state index contributed by atoms with van der Waals surface area (Å²) in [5.41, 5.74) is 1.98. The third-order valence-electron chi connectivity index (χ3n) is 4.97. The van der Waals surface area contributed by atoms with Crippen molar-refractivity contribution in [2.24, 2.45) is 11.8 Å². The van der Waals surface area contributed by atoms with Crippen LogP contribution in [0.15, 0.2) is 48.3 Å². The maximum Gasteiger partial charge on any atom is 0.114 e. The summed E-state index contributed by atoms with van der Waals surface area (Å²) >= 11 is 1.67. The monoisotopic (exact) mass is 385 g/mol. The maximum atomic E-state index is 9.03. The van der Waals surface area contributed by atoms with E-state index in [0.717, 1.165) is 49.7 Å².